The van der Waals surface area contributed by atoms with Gasteiger partial charge in [0.15, 0.2) is 0 Å². The highest BCUT2D eigenvalue weighted by atomic mass is 16.7. The molecule has 2 aromatic rings. The normalized spacial score (nSPS) is 17.9. The van der Waals surface area contributed by atoms with Gasteiger partial charge in [-0.1, -0.05) is 29.8 Å². The fraction of sp³-hybridized carbons (Fsp3) is 0.400. The van der Waals surface area contributed by atoms with E-state index in [1.54, 1.807) is 12.2 Å². The molecule has 1 unspecified atom stereocenters. The number of hydrogen-bond donors (Lipinski definition) is 1. The number of rotatable bonds is 10. The minimum atomic E-state index is -1.18. The van der Waals surface area contributed by atoms with Gasteiger partial charge in [-0.25, -0.2) is 4.79 Å². The van der Waals surface area contributed by atoms with Crippen molar-refractivity contribution in [1.29, 1.82) is 0 Å². The number of aliphatic carboxylic acids is 1. The molecule has 3 rings (SSSR count). The summed E-state index contributed by atoms with van der Waals surface area (Å²) in [6, 6.07) is 11.8. The van der Waals surface area contributed by atoms with E-state index < -0.39 is 17.9 Å². The first-order valence-corrected chi connectivity index (χ1v) is 10.6. The lowest BCUT2D eigenvalue weighted by molar-refractivity contribution is -0.251. The van der Waals surface area contributed by atoms with Gasteiger partial charge in [-0.05, 0) is 57.6 Å². The Morgan fingerprint density at radius 3 is 2.29 bits per heavy atom. The van der Waals surface area contributed by atoms with Crippen LogP contribution in [0.15, 0.2) is 64.1 Å². The van der Waals surface area contributed by atoms with Crippen LogP contribution in [-0.2, 0) is 25.4 Å². The predicted molar refractivity (Wildman–Crippen MR) is 118 cm³/mol. The van der Waals surface area contributed by atoms with Gasteiger partial charge < -0.3 is 23.7 Å². The van der Waals surface area contributed by atoms with Gasteiger partial charge in [0.2, 0.25) is 5.79 Å². The summed E-state index contributed by atoms with van der Waals surface area (Å²) < 4.78 is 24.0. The van der Waals surface area contributed by atoms with Crippen LogP contribution in [0.3, 0.4) is 0 Å². The van der Waals surface area contributed by atoms with Crippen LogP contribution in [0.2, 0.25) is 0 Å². The fourth-order valence-electron chi connectivity index (χ4n) is 3.83. The highest BCUT2D eigenvalue weighted by Gasteiger charge is 2.45. The third kappa shape index (κ3) is 4.98. The summed E-state index contributed by atoms with van der Waals surface area (Å²) in [5.74, 6) is -0.832. The molecule has 0 saturated carbocycles. The van der Waals surface area contributed by atoms with Crippen molar-refractivity contribution in [2.45, 2.75) is 46.0 Å². The Bertz CT molecular complexity index is 945. The van der Waals surface area contributed by atoms with E-state index in [4.69, 9.17) is 18.6 Å². The molecule has 166 valence electrons. The van der Waals surface area contributed by atoms with Gasteiger partial charge in [-0.2, -0.15) is 0 Å². The molecular weight excluding hydrogens is 396 g/mol. The molecule has 0 amide bonds. The highest BCUT2D eigenvalue weighted by molar-refractivity contribution is 5.91. The van der Waals surface area contributed by atoms with Crippen molar-refractivity contribution in [3.8, 4) is 11.3 Å². The maximum Gasteiger partial charge on any atom is 0.335 e. The average Bonchev–Trinajstić information content (AvgIpc) is 3.20. The smallest absolute Gasteiger partial charge is 0.335 e. The first-order valence-electron chi connectivity index (χ1n) is 10.6. The molecule has 0 fully saturated rings. The van der Waals surface area contributed by atoms with Gasteiger partial charge in [-0.15, -0.1) is 0 Å². The molecule has 0 aliphatic heterocycles. The van der Waals surface area contributed by atoms with Crippen molar-refractivity contribution in [2.24, 2.45) is 0 Å². The monoisotopic (exact) mass is 426 g/mol. The quantitative estimate of drug-likeness (QED) is 0.543. The van der Waals surface area contributed by atoms with E-state index in [0.29, 0.717) is 31.2 Å². The van der Waals surface area contributed by atoms with Crippen molar-refractivity contribution in [3.05, 3.63) is 71.0 Å². The lowest BCUT2D eigenvalue weighted by Crippen LogP contribution is -2.51. The number of carboxylic acids is 1. The number of aryl methyl sites for hydroxylation is 1. The lowest BCUT2D eigenvalue weighted by Gasteiger charge is -2.40. The second-order valence-corrected chi connectivity index (χ2v) is 7.31. The molecule has 1 atom stereocenters. The van der Waals surface area contributed by atoms with Crippen LogP contribution in [0.1, 0.15) is 32.1 Å². The van der Waals surface area contributed by atoms with Crippen LogP contribution in [0.4, 0.5) is 0 Å². The van der Waals surface area contributed by atoms with Gasteiger partial charge in [-0.3, -0.25) is 0 Å². The third-order valence-corrected chi connectivity index (χ3v) is 5.18. The largest absolute Gasteiger partial charge is 0.478 e. The van der Waals surface area contributed by atoms with Gasteiger partial charge in [0.1, 0.15) is 17.6 Å². The Kier molecular flexibility index (Phi) is 7.49. The molecule has 1 aliphatic carbocycles. The van der Waals surface area contributed by atoms with E-state index in [1.165, 1.54) is 5.56 Å². The predicted octanol–water partition coefficient (Wildman–Crippen LogP) is 4.92. The number of benzene rings is 1. The van der Waals surface area contributed by atoms with E-state index in [0.717, 1.165) is 11.3 Å². The molecule has 1 aromatic heterocycles. The fourth-order valence-corrected chi connectivity index (χ4v) is 3.83. The highest BCUT2D eigenvalue weighted by Crippen LogP contribution is 2.37. The van der Waals surface area contributed by atoms with Crippen molar-refractivity contribution in [1.82, 2.24) is 0 Å². The molecule has 1 aliphatic rings. The number of hydrogen-bond acceptors (Lipinski definition) is 5. The Labute approximate surface area is 183 Å². The van der Waals surface area contributed by atoms with Crippen LogP contribution >= 0.6 is 0 Å². The molecule has 6 nitrogen and oxygen atoms in total. The summed E-state index contributed by atoms with van der Waals surface area (Å²) in [7, 11) is 0. The first kappa shape index (κ1) is 23.0. The molecule has 0 saturated heterocycles. The first-order chi connectivity index (χ1) is 14.9. The Morgan fingerprint density at radius 1 is 1.03 bits per heavy atom. The maximum absolute atomic E-state index is 12.0. The molecule has 0 bridgehead atoms. The van der Waals surface area contributed by atoms with Gasteiger partial charge in [0.05, 0.1) is 5.57 Å². The zero-order valence-electron chi connectivity index (χ0n) is 18.5. The summed E-state index contributed by atoms with van der Waals surface area (Å²) in [6.07, 6.45) is 2.75. The van der Waals surface area contributed by atoms with Gasteiger partial charge in [0, 0.05) is 31.8 Å². The lowest BCUT2D eigenvalue weighted by atomic mass is 9.87. The van der Waals surface area contributed by atoms with Crippen LogP contribution in [0.5, 0.6) is 0 Å². The molecule has 1 N–H and O–H groups in total. The van der Waals surface area contributed by atoms with Crippen LogP contribution < -0.4 is 0 Å². The van der Waals surface area contributed by atoms with Crippen LogP contribution in [0, 0.1) is 6.92 Å². The number of ether oxygens (including phenoxy) is 3. The summed E-state index contributed by atoms with van der Waals surface area (Å²) in [4.78, 5) is 12.0. The van der Waals surface area contributed by atoms with Crippen molar-refractivity contribution in [3.63, 3.8) is 0 Å². The SMILES string of the molecule is CCOC1C(Cc2ccc(-c3ccc(C)cc3)o2)=C(C(=O)O)C=CC1(OCC)OCC. The maximum atomic E-state index is 12.0. The third-order valence-electron chi connectivity index (χ3n) is 5.18. The standard InChI is InChI=1S/C25H30O6/c1-5-28-23-21(20(24(26)27)14-15-25(23,29-6-2)30-7-3)16-19-12-13-22(31-19)18-10-8-17(4)9-11-18/h8-15,23H,5-7,16H2,1-4H3,(H,26,27). The number of carbonyl (C=O) groups is 1. The summed E-state index contributed by atoms with van der Waals surface area (Å²) in [5, 5.41) is 9.83. The second kappa shape index (κ2) is 10.1. The summed E-state index contributed by atoms with van der Waals surface area (Å²) in [5.41, 5.74) is 2.86. The van der Waals surface area contributed by atoms with Crippen molar-refractivity contribution >= 4 is 5.97 Å². The Balaban J connectivity index is 1.99. The van der Waals surface area contributed by atoms with E-state index in [1.807, 2.05) is 64.1 Å². The Morgan fingerprint density at radius 2 is 1.71 bits per heavy atom. The average molecular weight is 427 g/mol. The molecule has 31 heavy (non-hydrogen) atoms. The topological polar surface area (TPSA) is 78.1 Å². The zero-order chi connectivity index (χ0) is 22.4. The molecule has 6 heteroatoms. The van der Waals surface area contributed by atoms with E-state index in [2.05, 4.69) is 0 Å². The van der Waals surface area contributed by atoms with E-state index in [-0.39, 0.29) is 12.0 Å². The Hall–Kier alpha value is -2.67. The van der Waals surface area contributed by atoms with E-state index >= 15 is 0 Å². The van der Waals surface area contributed by atoms with Gasteiger partial charge >= 0.3 is 5.97 Å². The molecule has 0 radical (unpaired) electrons. The zero-order valence-corrected chi connectivity index (χ0v) is 18.5. The minimum Gasteiger partial charge on any atom is -0.478 e. The van der Waals surface area contributed by atoms with Crippen LogP contribution in [-0.4, -0.2) is 42.8 Å². The number of carboxylic acid groups (broad SMARTS) is 1. The molecular formula is C25H30O6. The van der Waals surface area contributed by atoms with Crippen LogP contribution in [0.25, 0.3) is 11.3 Å². The van der Waals surface area contributed by atoms with Gasteiger partial charge in [0.25, 0.3) is 0 Å². The molecule has 1 heterocycles. The van der Waals surface area contributed by atoms with Crippen molar-refractivity contribution < 1.29 is 28.5 Å². The summed E-state index contributed by atoms with van der Waals surface area (Å²) in [6.45, 7) is 8.79. The number of furan rings is 1. The molecule has 1 aromatic carbocycles. The van der Waals surface area contributed by atoms with E-state index in [9.17, 15) is 9.90 Å². The minimum absolute atomic E-state index is 0.168. The molecule has 0 spiro atoms. The summed E-state index contributed by atoms with van der Waals surface area (Å²) >= 11 is 0. The van der Waals surface area contributed by atoms with Crippen molar-refractivity contribution in [2.75, 3.05) is 19.8 Å². The second-order valence-electron chi connectivity index (χ2n) is 7.31.